The topological polar surface area (TPSA) is 109 Å². The molecule has 1 fully saturated rings. The summed E-state index contributed by atoms with van der Waals surface area (Å²) >= 11 is 3.40. The van der Waals surface area contributed by atoms with Crippen LogP contribution in [0.15, 0.2) is 62.7 Å². The Morgan fingerprint density at radius 2 is 2.03 bits per heavy atom. The number of carbonyl (C=O) groups excluding carboxylic acids is 2. The van der Waals surface area contributed by atoms with E-state index < -0.39 is 23.5 Å². The van der Waals surface area contributed by atoms with Crippen LogP contribution in [0.4, 0.5) is 0 Å². The minimum atomic E-state index is -0.930. The number of halogens is 1. The average molecular weight is 528 g/mol. The van der Waals surface area contributed by atoms with Gasteiger partial charge in [-0.05, 0) is 54.8 Å². The fraction of sp³-hybridized carbons (Fsp3) is 0.280. The van der Waals surface area contributed by atoms with E-state index in [1.54, 1.807) is 30.3 Å². The molecular formula is C25H22BrNO7. The molecule has 2 aliphatic rings. The molecule has 0 bridgehead atoms. The van der Waals surface area contributed by atoms with Crippen molar-refractivity contribution < 1.29 is 33.7 Å². The number of furan rings is 1. The number of fused-ring (bicyclic) bond motifs is 1. The van der Waals surface area contributed by atoms with Crippen LogP contribution >= 0.6 is 15.9 Å². The number of aromatic hydroxyl groups is 1. The highest BCUT2D eigenvalue weighted by atomic mass is 79.9. The van der Waals surface area contributed by atoms with Gasteiger partial charge >= 0.3 is 0 Å². The maximum Gasteiger partial charge on any atom is 0.290 e. The summed E-state index contributed by atoms with van der Waals surface area (Å²) in [4.78, 5) is 28.2. The van der Waals surface area contributed by atoms with Gasteiger partial charge in [-0.1, -0.05) is 22.0 Å². The van der Waals surface area contributed by atoms with E-state index in [2.05, 4.69) is 15.9 Å². The number of carbonyl (C=O) groups is 2. The van der Waals surface area contributed by atoms with Crippen molar-refractivity contribution in [1.82, 2.24) is 4.90 Å². The lowest BCUT2D eigenvalue weighted by Crippen LogP contribution is -2.37. The van der Waals surface area contributed by atoms with E-state index in [1.165, 1.54) is 18.1 Å². The van der Waals surface area contributed by atoms with E-state index in [4.69, 9.17) is 13.9 Å². The number of Topliss-reactive ketones (excluding diaryl/α,β-unsaturated/α-hetero) is 1. The fourth-order valence-corrected chi connectivity index (χ4v) is 4.94. The number of hydrogen-bond acceptors (Lipinski definition) is 7. The van der Waals surface area contributed by atoms with Crippen molar-refractivity contribution in [3.63, 3.8) is 0 Å². The molecule has 2 N–H and O–H groups in total. The van der Waals surface area contributed by atoms with Gasteiger partial charge in [0.2, 0.25) is 5.78 Å². The monoisotopic (exact) mass is 527 g/mol. The SMILES string of the molecule is COc1ccc(C2C(C(=O)c3cc4cc(Br)ccc4o3)=C(O)C(=O)N2CC2CCCO2)cc1O. The van der Waals surface area contributed by atoms with Crippen molar-refractivity contribution in [3.8, 4) is 11.5 Å². The standard InChI is InChI=1S/C25H22BrNO7/c1-32-19-6-4-13(10-17(19)28)22-21(24(30)25(31)27(22)12-16-3-2-8-33-16)23(29)20-11-14-9-15(26)5-7-18(14)34-20/h4-7,9-11,16,22,28,30H,2-3,8,12H2,1H3. The second-order valence-corrected chi connectivity index (χ2v) is 9.23. The molecule has 2 aliphatic heterocycles. The smallest absolute Gasteiger partial charge is 0.290 e. The molecule has 2 aromatic carbocycles. The molecule has 0 aliphatic carbocycles. The zero-order valence-corrected chi connectivity index (χ0v) is 19.9. The quantitative estimate of drug-likeness (QED) is 0.448. The van der Waals surface area contributed by atoms with Crippen molar-refractivity contribution in [2.45, 2.75) is 25.0 Å². The van der Waals surface area contributed by atoms with Gasteiger partial charge in [0.1, 0.15) is 5.58 Å². The molecule has 8 nitrogen and oxygen atoms in total. The number of amides is 1. The number of aliphatic hydroxyl groups excluding tert-OH is 1. The lowest BCUT2D eigenvalue weighted by molar-refractivity contribution is -0.131. The number of rotatable bonds is 6. The molecule has 3 aromatic rings. The van der Waals surface area contributed by atoms with Gasteiger partial charge in [-0.3, -0.25) is 9.59 Å². The van der Waals surface area contributed by atoms with Crippen LogP contribution in [-0.2, 0) is 9.53 Å². The molecule has 0 spiro atoms. The zero-order valence-electron chi connectivity index (χ0n) is 18.3. The molecular weight excluding hydrogens is 506 g/mol. The van der Waals surface area contributed by atoms with E-state index in [9.17, 15) is 19.8 Å². The van der Waals surface area contributed by atoms with Crippen molar-refractivity contribution in [2.75, 3.05) is 20.3 Å². The lowest BCUT2D eigenvalue weighted by Gasteiger charge is -2.29. The van der Waals surface area contributed by atoms with Gasteiger partial charge in [0.25, 0.3) is 5.91 Å². The van der Waals surface area contributed by atoms with Gasteiger partial charge in [0.15, 0.2) is 23.0 Å². The Morgan fingerprint density at radius 1 is 1.21 bits per heavy atom. The predicted molar refractivity (Wildman–Crippen MR) is 126 cm³/mol. The Hall–Kier alpha value is -3.30. The summed E-state index contributed by atoms with van der Waals surface area (Å²) in [5, 5.41) is 21.9. The van der Waals surface area contributed by atoms with Crippen LogP contribution in [0.25, 0.3) is 11.0 Å². The van der Waals surface area contributed by atoms with Gasteiger partial charge in [-0.2, -0.15) is 0 Å². The molecule has 1 amide bonds. The fourth-order valence-electron chi connectivity index (χ4n) is 4.56. The summed E-state index contributed by atoms with van der Waals surface area (Å²) in [6.45, 7) is 0.796. The number of phenols is 1. The molecule has 0 saturated carbocycles. The molecule has 3 heterocycles. The van der Waals surface area contributed by atoms with Crippen LogP contribution in [0.5, 0.6) is 11.5 Å². The van der Waals surface area contributed by atoms with Crippen LogP contribution in [-0.4, -0.2) is 53.2 Å². The summed E-state index contributed by atoms with van der Waals surface area (Å²) in [5.74, 6) is -1.79. The molecule has 5 rings (SSSR count). The van der Waals surface area contributed by atoms with Gasteiger partial charge in [-0.15, -0.1) is 0 Å². The predicted octanol–water partition coefficient (Wildman–Crippen LogP) is 4.67. The highest BCUT2D eigenvalue weighted by molar-refractivity contribution is 9.10. The largest absolute Gasteiger partial charge is 0.504 e. The van der Waals surface area contributed by atoms with Gasteiger partial charge in [0.05, 0.1) is 24.8 Å². The van der Waals surface area contributed by atoms with E-state index in [0.717, 1.165) is 17.3 Å². The van der Waals surface area contributed by atoms with Gasteiger partial charge < -0.3 is 29.0 Å². The summed E-state index contributed by atoms with van der Waals surface area (Å²) < 4.78 is 17.4. The summed E-state index contributed by atoms with van der Waals surface area (Å²) in [6, 6.07) is 10.6. The molecule has 176 valence electrons. The number of benzene rings is 2. The van der Waals surface area contributed by atoms with Crippen molar-refractivity contribution >= 4 is 38.6 Å². The normalized spacial score (nSPS) is 20.5. The number of hydrogen-bond donors (Lipinski definition) is 2. The molecule has 0 radical (unpaired) electrons. The van der Waals surface area contributed by atoms with Crippen molar-refractivity contribution in [1.29, 1.82) is 0 Å². The Bertz CT molecular complexity index is 1320. The average Bonchev–Trinajstić information content (AvgIpc) is 3.54. The minimum absolute atomic E-state index is 0.00384. The van der Waals surface area contributed by atoms with Crippen LogP contribution < -0.4 is 4.74 Å². The highest BCUT2D eigenvalue weighted by Crippen LogP contribution is 2.42. The Kier molecular flexibility index (Phi) is 5.83. The summed E-state index contributed by atoms with van der Waals surface area (Å²) in [5.41, 5.74) is 0.854. The Labute approximate surface area is 203 Å². The molecule has 1 aromatic heterocycles. The Balaban J connectivity index is 1.59. The number of nitrogens with zero attached hydrogens (tertiary/aromatic N) is 1. The maximum atomic E-state index is 13.6. The third kappa shape index (κ3) is 3.84. The van der Waals surface area contributed by atoms with Crippen LogP contribution in [0.3, 0.4) is 0 Å². The van der Waals surface area contributed by atoms with E-state index in [0.29, 0.717) is 23.1 Å². The zero-order chi connectivity index (χ0) is 24.0. The first kappa shape index (κ1) is 22.5. The van der Waals surface area contributed by atoms with E-state index >= 15 is 0 Å². The number of aliphatic hydroxyl groups is 1. The molecule has 1 saturated heterocycles. The highest BCUT2D eigenvalue weighted by Gasteiger charge is 2.45. The van der Waals surface area contributed by atoms with Gasteiger partial charge in [0, 0.05) is 23.0 Å². The summed E-state index contributed by atoms with van der Waals surface area (Å²) in [6.07, 6.45) is 1.44. The summed E-state index contributed by atoms with van der Waals surface area (Å²) in [7, 11) is 1.43. The van der Waals surface area contributed by atoms with E-state index in [-0.39, 0.29) is 35.5 Å². The molecule has 9 heteroatoms. The third-order valence-electron chi connectivity index (χ3n) is 6.19. The van der Waals surface area contributed by atoms with Crippen LogP contribution in [0.2, 0.25) is 0 Å². The number of ketones is 1. The second-order valence-electron chi connectivity index (χ2n) is 8.31. The van der Waals surface area contributed by atoms with Crippen molar-refractivity contribution in [2.24, 2.45) is 0 Å². The minimum Gasteiger partial charge on any atom is -0.504 e. The Morgan fingerprint density at radius 3 is 2.74 bits per heavy atom. The van der Waals surface area contributed by atoms with Crippen LogP contribution in [0, 0.1) is 0 Å². The first-order chi connectivity index (χ1) is 16.4. The molecule has 2 unspecified atom stereocenters. The molecule has 34 heavy (non-hydrogen) atoms. The maximum absolute atomic E-state index is 13.6. The number of methoxy groups -OCH3 is 1. The number of phenolic OH excluding ortho intramolecular Hbond substituents is 1. The second kappa shape index (κ2) is 8.81. The lowest BCUT2D eigenvalue weighted by atomic mass is 9.94. The molecule has 2 atom stereocenters. The first-order valence-corrected chi connectivity index (χ1v) is 11.6. The van der Waals surface area contributed by atoms with Gasteiger partial charge in [-0.25, -0.2) is 0 Å². The van der Waals surface area contributed by atoms with Crippen LogP contribution in [0.1, 0.15) is 35.0 Å². The third-order valence-corrected chi connectivity index (χ3v) is 6.69. The number of ether oxygens (including phenoxy) is 2. The van der Waals surface area contributed by atoms with E-state index in [1.807, 2.05) is 6.07 Å². The van der Waals surface area contributed by atoms with Crippen molar-refractivity contribution in [3.05, 3.63) is 69.6 Å². The first-order valence-electron chi connectivity index (χ1n) is 10.8.